The van der Waals surface area contributed by atoms with Crippen molar-refractivity contribution >= 4 is 15.9 Å². The lowest BCUT2D eigenvalue weighted by Crippen LogP contribution is -2.50. The molecule has 3 aliphatic rings. The first-order valence-electron chi connectivity index (χ1n) is 10.2. The van der Waals surface area contributed by atoms with Crippen molar-refractivity contribution in [3.8, 4) is 0 Å². The van der Waals surface area contributed by atoms with Crippen molar-refractivity contribution in [2.24, 2.45) is 17.8 Å². The molecule has 0 radical (unpaired) electrons. The normalized spacial score (nSPS) is 28.7. The molecule has 3 unspecified atom stereocenters. The zero-order chi connectivity index (χ0) is 19.2. The van der Waals surface area contributed by atoms with E-state index in [4.69, 9.17) is 0 Å². The van der Waals surface area contributed by atoms with Gasteiger partial charge in [0.15, 0.2) is 0 Å². The molecule has 3 fully saturated rings. The second kappa shape index (κ2) is 7.21. The molecule has 148 valence electrons. The Morgan fingerprint density at radius 1 is 1.07 bits per heavy atom. The number of carbonyl (C=O) groups is 1. The monoisotopic (exact) mass is 390 g/mol. The number of benzene rings is 1. The number of piperazine rings is 1. The largest absolute Gasteiger partial charge is 0.340 e. The van der Waals surface area contributed by atoms with Gasteiger partial charge < -0.3 is 4.90 Å². The van der Waals surface area contributed by atoms with E-state index in [1.54, 1.807) is 6.07 Å². The van der Waals surface area contributed by atoms with E-state index in [-0.39, 0.29) is 5.91 Å². The Morgan fingerprint density at radius 2 is 1.81 bits per heavy atom. The summed E-state index contributed by atoms with van der Waals surface area (Å²) in [6, 6.07) is 5.45. The van der Waals surface area contributed by atoms with Crippen LogP contribution in [0.3, 0.4) is 0 Å². The van der Waals surface area contributed by atoms with Crippen LogP contribution < -0.4 is 0 Å². The highest BCUT2D eigenvalue weighted by molar-refractivity contribution is 7.89. The Hall–Kier alpha value is -1.40. The molecule has 5 nitrogen and oxygen atoms in total. The molecule has 1 saturated heterocycles. The molecule has 1 aromatic rings. The lowest BCUT2D eigenvalue weighted by Gasteiger charge is -2.35. The van der Waals surface area contributed by atoms with Gasteiger partial charge in [-0.3, -0.25) is 4.79 Å². The molecule has 2 bridgehead atoms. The molecule has 1 amide bonds. The molecule has 4 rings (SSSR count). The predicted molar refractivity (Wildman–Crippen MR) is 105 cm³/mol. The van der Waals surface area contributed by atoms with Crippen molar-refractivity contribution in [2.75, 3.05) is 26.2 Å². The summed E-state index contributed by atoms with van der Waals surface area (Å²) < 4.78 is 27.5. The highest BCUT2D eigenvalue weighted by Crippen LogP contribution is 2.49. The molecule has 0 aromatic heterocycles. The Labute approximate surface area is 162 Å². The third-order valence-corrected chi connectivity index (χ3v) is 8.92. The maximum atomic E-state index is 13.0. The van der Waals surface area contributed by atoms with E-state index < -0.39 is 10.0 Å². The highest BCUT2D eigenvalue weighted by Gasteiger charge is 2.41. The molecule has 2 saturated carbocycles. The quantitative estimate of drug-likeness (QED) is 0.794. The zero-order valence-corrected chi connectivity index (χ0v) is 17.2. The first-order valence-corrected chi connectivity index (χ1v) is 11.6. The Bertz CT molecular complexity index is 828. The maximum Gasteiger partial charge on any atom is 0.243 e. The standard InChI is InChI=1S/C21H30N2O3S/c1-15-3-6-20(16(2)11-15)27(25,26)23-9-7-22(8-10-23)21(24)14-19-13-17-4-5-18(19)12-17/h3,6,11,17-19H,4-5,7-10,12-14H2,1-2H3. The Morgan fingerprint density at radius 3 is 2.41 bits per heavy atom. The van der Waals surface area contributed by atoms with Gasteiger partial charge in [0.25, 0.3) is 0 Å². The molecule has 6 heteroatoms. The molecule has 1 aliphatic heterocycles. The number of nitrogens with zero attached hydrogens (tertiary/aromatic N) is 2. The van der Waals surface area contributed by atoms with Crippen LogP contribution in [-0.2, 0) is 14.8 Å². The molecule has 27 heavy (non-hydrogen) atoms. The molecular formula is C21H30N2O3S. The number of carbonyl (C=O) groups excluding carboxylic acids is 1. The van der Waals surface area contributed by atoms with Crippen LogP contribution in [0.2, 0.25) is 0 Å². The minimum absolute atomic E-state index is 0.219. The maximum absolute atomic E-state index is 13.0. The van der Waals surface area contributed by atoms with Crippen LogP contribution in [0.1, 0.15) is 43.2 Å². The number of sulfonamides is 1. The number of hydrogen-bond acceptors (Lipinski definition) is 3. The summed E-state index contributed by atoms with van der Waals surface area (Å²) in [6.07, 6.45) is 5.84. The van der Waals surface area contributed by atoms with Gasteiger partial charge in [0, 0.05) is 32.6 Å². The van der Waals surface area contributed by atoms with Gasteiger partial charge in [0.1, 0.15) is 0 Å². The van der Waals surface area contributed by atoms with Crippen LogP contribution >= 0.6 is 0 Å². The minimum atomic E-state index is -3.49. The topological polar surface area (TPSA) is 57.7 Å². The lowest BCUT2D eigenvalue weighted by atomic mass is 9.86. The lowest BCUT2D eigenvalue weighted by molar-refractivity contribution is -0.133. The van der Waals surface area contributed by atoms with Gasteiger partial charge in [-0.1, -0.05) is 24.1 Å². The highest BCUT2D eigenvalue weighted by atomic mass is 32.2. The van der Waals surface area contributed by atoms with Crippen molar-refractivity contribution in [1.29, 1.82) is 0 Å². The van der Waals surface area contributed by atoms with Crippen LogP contribution in [-0.4, -0.2) is 49.7 Å². The summed E-state index contributed by atoms with van der Waals surface area (Å²) in [5.41, 5.74) is 1.84. The fraction of sp³-hybridized carbons (Fsp3) is 0.667. The summed E-state index contributed by atoms with van der Waals surface area (Å²) in [5, 5.41) is 0. The molecule has 2 aliphatic carbocycles. The van der Waals surface area contributed by atoms with Crippen LogP contribution in [0.15, 0.2) is 23.1 Å². The first kappa shape index (κ1) is 18.9. The number of rotatable bonds is 4. The molecule has 3 atom stereocenters. The molecule has 0 spiro atoms. The van der Waals surface area contributed by atoms with Gasteiger partial charge in [0.2, 0.25) is 15.9 Å². The van der Waals surface area contributed by atoms with Crippen molar-refractivity contribution in [3.05, 3.63) is 29.3 Å². The van der Waals surface area contributed by atoms with Crippen molar-refractivity contribution < 1.29 is 13.2 Å². The smallest absolute Gasteiger partial charge is 0.243 e. The van der Waals surface area contributed by atoms with E-state index in [9.17, 15) is 13.2 Å². The van der Waals surface area contributed by atoms with Crippen molar-refractivity contribution in [1.82, 2.24) is 9.21 Å². The SMILES string of the molecule is Cc1ccc(S(=O)(=O)N2CCN(C(=O)CC3CC4CCC3C4)CC2)c(C)c1. The van der Waals surface area contributed by atoms with Crippen molar-refractivity contribution in [3.63, 3.8) is 0 Å². The van der Waals surface area contributed by atoms with Crippen LogP contribution in [0, 0.1) is 31.6 Å². The summed E-state index contributed by atoms with van der Waals surface area (Å²) >= 11 is 0. The zero-order valence-electron chi connectivity index (χ0n) is 16.4. The fourth-order valence-corrected chi connectivity index (χ4v) is 7.01. The third-order valence-electron chi connectivity index (χ3n) is 6.86. The first-order chi connectivity index (χ1) is 12.8. The number of hydrogen-bond donors (Lipinski definition) is 0. The van der Waals surface area contributed by atoms with Gasteiger partial charge in [-0.25, -0.2) is 8.42 Å². The van der Waals surface area contributed by atoms with E-state index in [0.29, 0.717) is 43.4 Å². The number of amides is 1. The van der Waals surface area contributed by atoms with Gasteiger partial charge in [-0.2, -0.15) is 4.31 Å². The van der Waals surface area contributed by atoms with Gasteiger partial charge in [0.05, 0.1) is 4.90 Å². The second-order valence-electron chi connectivity index (χ2n) is 8.69. The predicted octanol–water partition coefficient (Wildman–Crippen LogP) is 2.96. The molecule has 1 heterocycles. The van der Waals surface area contributed by atoms with Crippen LogP contribution in [0.25, 0.3) is 0 Å². The molecular weight excluding hydrogens is 360 g/mol. The summed E-state index contributed by atoms with van der Waals surface area (Å²) in [4.78, 5) is 15.0. The van der Waals surface area contributed by atoms with Gasteiger partial charge >= 0.3 is 0 Å². The van der Waals surface area contributed by atoms with Crippen LogP contribution in [0.4, 0.5) is 0 Å². The summed E-state index contributed by atoms with van der Waals surface area (Å²) in [5.74, 6) is 2.39. The second-order valence-corrected chi connectivity index (χ2v) is 10.6. The van der Waals surface area contributed by atoms with E-state index >= 15 is 0 Å². The third kappa shape index (κ3) is 3.66. The molecule has 0 N–H and O–H groups in total. The van der Waals surface area contributed by atoms with E-state index in [0.717, 1.165) is 23.0 Å². The average molecular weight is 391 g/mol. The molecule has 1 aromatic carbocycles. The average Bonchev–Trinajstić information content (AvgIpc) is 3.24. The van der Waals surface area contributed by atoms with E-state index in [1.165, 1.54) is 30.0 Å². The van der Waals surface area contributed by atoms with Gasteiger partial charge in [-0.05, 0) is 62.5 Å². The van der Waals surface area contributed by atoms with E-state index in [1.807, 2.05) is 30.9 Å². The Balaban J connectivity index is 1.36. The summed E-state index contributed by atoms with van der Waals surface area (Å²) in [6.45, 7) is 5.59. The van der Waals surface area contributed by atoms with Crippen molar-refractivity contribution in [2.45, 2.75) is 50.8 Å². The summed E-state index contributed by atoms with van der Waals surface area (Å²) in [7, 11) is -3.49. The number of fused-ring (bicyclic) bond motifs is 2. The van der Waals surface area contributed by atoms with E-state index in [2.05, 4.69) is 0 Å². The fourth-order valence-electron chi connectivity index (χ4n) is 5.39. The number of aryl methyl sites for hydroxylation is 2. The van der Waals surface area contributed by atoms with Crippen LogP contribution in [0.5, 0.6) is 0 Å². The minimum Gasteiger partial charge on any atom is -0.340 e. The Kier molecular flexibility index (Phi) is 5.06. The van der Waals surface area contributed by atoms with Gasteiger partial charge in [-0.15, -0.1) is 0 Å².